The van der Waals surface area contributed by atoms with Crippen molar-refractivity contribution in [3.63, 3.8) is 0 Å². The Bertz CT molecular complexity index is 456. The fourth-order valence-corrected chi connectivity index (χ4v) is 3.85. The summed E-state index contributed by atoms with van der Waals surface area (Å²) >= 11 is 1.78. The first kappa shape index (κ1) is 15.5. The number of nitriles is 1. The van der Waals surface area contributed by atoms with Crippen LogP contribution in [-0.2, 0) is 5.41 Å². The van der Waals surface area contributed by atoms with Crippen LogP contribution in [0.25, 0.3) is 0 Å². The minimum atomic E-state index is -0.140. The van der Waals surface area contributed by atoms with E-state index in [-0.39, 0.29) is 11.5 Å². The summed E-state index contributed by atoms with van der Waals surface area (Å²) in [6.45, 7) is 6.67. The first-order chi connectivity index (χ1) is 9.50. The van der Waals surface area contributed by atoms with Crippen molar-refractivity contribution < 1.29 is 0 Å². The van der Waals surface area contributed by atoms with E-state index < -0.39 is 0 Å². The molecule has 0 spiro atoms. The van der Waals surface area contributed by atoms with Gasteiger partial charge in [0.2, 0.25) is 0 Å². The molecule has 1 N–H and O–H groups in total. The van der Waals surface area contributed by atoms with Gasteiger partial charge in [-0.2, -0.15) is 5.26 Å². The SMILES string of the molecule is CC(C)(C)c1ccc(C(C#N)NC2CCCCCC2)s1. The number of rotatable bonds is 3. The summed E-state index contributed by atoms with van der Waals surface area (Å²) in [5.41, 5.74) is 0.172. The van der Waals surface area contributed by atoms with Crippen molar-refractivity contribution in [3.8, 4) is 6.07 Å². The second-order valence-electron chi connectivity index (χ2n) is 6.87. The van der Waals surface area contributed by atoms with Crippen molar-refractivity contribution in [1.82, 2.24) is 5.32 Å². The molecule has 1 fully saturated rings. The third-order valence-electron chi connectivity index (χ3n) is 4.04. The van der Waals surface area contributed by atoms with Crippen LogP contribution in [0, 0.1) is 11.3 Å². The van der Waals surface area contributed by atoms with E-state index in [2.05, 4.69) is 44.3 Å². The van der Waals surface area contributed by atoms with Gasteiger partial charge in [-0.3, -0.25) is 5.32 Å². The zero-order chi connectivity index (χ0) is 14.6. The molecule has 0 amide bonds. The average molecular weight is 290 g/mol. The maximum absolute atomic E-state index is 9.49. The van der Waals surface area contributed by atoms with Crippen molar-refractivity contribution >= 4 is 11.3 Å². The van der Waals surface area contributed by atoms with Gasteiger partial charge in [0, 0.05) is 15.8 Å². The topological polar surface area (TPSA) is 35.8 Å². The molecule has 0 saturated heterocycles. The predicted octanol–water partition coefficient (Wildman–Crippen LogP) is 4.92. The molecule has 110 valence electrons. The standard InChI is InChI=1S/C17H26N2S/c1-17(2,3)16-11-10-15(20-16)14(12-18)19-13-8-6-4-5-7-9-13/h10-11,13-14,19H,4-9H2,1-3H3. The molecule has 1 aromatic heterocycles. The minimum Gasteiger partial charge on any atom is -0.295 e. The lowest BCUT2D eigenvalue weighted by Gasteiger charge is -2.20. The van der Waals surface area contributed by atoms with E-state index in [0.29, 0.717) is 6.04 Å². The summed E-state index contributed by atoms with van der Waals surface area (Å²) in [5.74, 6) is 0. The molecule has 3 heteroatoms. The number of thiophene rings is 1. The molecule has 2 nitrogen and oxygen atoms in total. The highest BCUT2D eigenvalue weighted by Gasteiger charge is 2.22. The van der Waals surface area contributed by atoms with Gasteiger partial charge in [-0.1, -0.05) is 46.5 Å². The van der Waals surface area contributed by atoms with E-state index in [4.69, 9.17) is 0 Å². The van der Waals surface area contributed by atoms with E-state index in [1.54, 1.807) is 11.3 Å². The molecule has 0 aromatic carbocycles. The van der Waals surface area contributed by atoms with Crippen LogP contribution in [0.2, 0.25) is 0 Å². The Morgan fingerprint density at radius 1 is 1.20 bits per heavy atom. The third-order valence-corrected chi connectivity index (χ3v) is 5.61. The molecule has 2 rings (SSSR count). The Hall–Kier alpha value is -0.850. The van der Waals surface area contributed by atoms with Gasteiger partial charge in [-0.05, 0) is 30.4 Å². The van der Waals surface area contributed by atoms with Crippen LogP contribution in [0.1, 0.15) is 75.1 Å². The Morgan fingerprint density at radius 3 is 2.35 bits per heavy atom. The van der Waals surface area contributed by atoms with Gasteiger partial charge in [0.25, 0.3) is 0 Å². The molecule has 20 heavy (non-hydrogen) atoms. The van der Waals surface area contributed by atoms with E-state index in [9.17, 15) is 5.26 Å². The highest BCUT2D eigenvalue weighted by molar-refractivity contribution is 7.12. The second kappa shape index (κ2) is 6.74. The second-order valence-corrected chi connectivity index (χ2v) is 7.98. The van der Waals surface area contributed by atoms with Gasteiger partial charge in [0.05, 0.1) is 6.07 Å². The number of hydrogen-bond acceptors (Lipinski definition) is 3. The highest BCUT2D eigenvalue weighted by atomic mass is 32.1. The molecule has 1 atom stereocenters. The lowest BCUT2D eigenvalue weighted by molar-refractivity contribution is 0.439. The zero-order valence-corrected chi connectivity index (χ0v) is 13.7. The van der Waals surface area contributed by atoms with Gasteiger partial charge in [-0.25, -0.2) is 0 Å². The molecule has 1 aliphatic rings. The van der Waals surface area contributed by atoms with Crippen LogP contribution in [0.15, 0.2) is 12.1 Å². The first-order valence-corrected chi connectivity index (χ1v) is 8.58. The number of hydrogen-bond donors (Lipinski definition) is 1. The van der Waals surface area contributed by atoms with Crippen LogP contribution in [-0.4, -0.2) is 6.04 Å². The normalized spacial score (nSPS) is 19.3. The Kier molecular flexibility index (Phi) is 5.23. The Balaban J connectivity index is 2.04. The molecular formula is C17H26N2S. The molecule has 1 heterocycles. The lowest BCUT2D eigenvalue weighted by atomic mass is 9.95. The highest BCUT2D eigenvalue weighted by Crippen LogP contribution is 2.32. The number of nitrogens with zero attached hydrogens (tertiary/aromatic N) is 1. The minimum absolute atomic E-state index is 0.140. The average Bonchev–Trinajstić information content (AvgIpc) is 2.75. The monoisotopic (exact) mass is 290 g/mol. The molecule has 0 bridgehead atoms. The van der Waals surface area contributed by atoms with Gasteiger partial charge >= 0.3 is 0 Å². The molecule has 1 saturated carbocycles. The lowest BCUT2D eigenvalue weighted by Crippen LogP contribution is -2.31. The molecule has 0 radical (unpaired) electrons. The van der Waals surface area contributed by atoms with E-state index >= 15 is 0 Å². The Morgan fingerprint density at radius 2 is 1.85 bits per heavy atom. The summed E-state index contributed by atoms with van der Waals surface area (Å²) in [6, 6.07) is 7.13. The number of nitrogens with one attached hydrogen (secondary N) is 1. The van der Waals surface area contributed by atoms with Crippen LogP contribution >= 0.6 is 11.3 Å². The van der Waals surface area contributed by atoms with Crippen molar-refractivity contribution in [2.75, 3.05) is 0 Å². The summed E-state index contributed by atoms with van der Waals surface area (Å²) in [4.78, 5) is 2.53. The van der Waals surface area contributed by atoms with Gasteiger partial charge in [-0.15, -0.1) is 11.3 Å². The predicted molar refractivity (Wildman–Crippen MR) is 86.0 cm³/mol. The van der Waals surface area contributed by atoms with E-state index in [1.807, 2.05) is 0 Å². The fraction of sp³-hybridized carbons (Fsp3) is 0.706. The summed E-state index contributed by atoms with van der Waals surface area (Å²) in [7, 11) is 0. The van der Waals surface area contributed by atoms with E-state index in [1.165, 1.54) is 48.3 Å². The fourth-order valence-electron chi connectivity index (χ4n) is 2.78. The smallest absolute Gasteiger partial charge is 0.130 e. The van der Waals surface area contributed by atoms with Crippen LogP contribution in [0.3, 0.4) is 0 Å². The molecule has 0 aliphatic heterocycles. The van der Waals surface area contributed by atoms with Crippen LogP contribution < -0.4 is 5.32 Å². The van der Waals surface area contributed by atoms with Crippen molar-refractivity contribution in [2.24, 2.45) is 0 Å². The summed E-state index contributed by atoms with van der Waals surface area (Å²) in [6.07, 6.45) is 7.73. The van der Waals surface area contributed by atoms with Crippen molar-refractivity contribution in [1.29, 1.82) is 5.26 Å². The van der Waals surface area contributed by atoms with Gasteiger partial charge < -0.3 is 0 Å². The maximum Gasteiger partial charge on any atom is 0.130 e. The zero-order valence-electron chi connectivity index (χ0n) is 12.9. The first-order valence-electron chi connectivity index (χ1n) is 7.76. The Labute approximate surface area is 127 Å². The van der Waals surface area contributed by atoms with E-state index in [0.717, 1.165) is 0 Å². The van der Waals surface area contributed by atoms with Crippen molar-refractivity contribution in [2.45, 2.75) is 76.8 Å². The molecular weight excluding hydrogens is 264 g/mol. The quantitative estimate of drug-likeness (QED) is 0.802. The van der Waals surface area contributed by atoms with Gasteiger partial charge in [0.1, 0.15) is 6.04 Å². The van der Waals surface area contributed by atoms with Crippen molar-refractivity contribution in [3.05, 3.63) is 21.9 Å². The third kappa shape index (κ3) is 4.07. The summed E-state index contributed by atoms with van der Waals surface area (Å²) in [5, 5.41) is 13.1. The largest absolute Gasteiger partial charge is 0.295 e. The van der Waals surface area contributed by atoms with Crippen LogP contribution in [0.5, 0.6) is 0 Å². The molecule has 1 aliphatic carbocycles. The van der Waals surface area contributed by atoms with Gasteiger partial charge in [0.15, 0.2) is 0 Å². The maximum atomic E-state index is 9.49. The van der Waals surface area contributed by atoms with Crippen LogP contribution in [0.4, 0.5) is 0 Å². The molecule has 1 unspecified atom stereocenters. The summed E-state index contributed by atoms with van der Waals surface area (Å²) < 4.78 is 0. The molecule has 1 aromatic rings.